The highest BCUT2D eigenvalue weighted by Gasteiger charge is 2.09. The summed E-state index contributed by atoms with van der Waals surface area (Å²) in [6.45, 7) is 5.51. The first kappa shape index (κ1) is 21.5. The largest absolute Gasteiger partial charge is 0.462 e. The normalized spacial score (nSPS) is 11.1. The second-order valence-electron chi connectivity index (χ2n) is 5.94. The van der Waals surface area contributed by atoms with Crippen molar-refractivity contribution in [3.63, 3.8) is 0 Å². The molecule has 0 aliphatic heterocycles. The third kappa shape index (κ3) is 13.9. The molecule has 0 bridgehead atoms. The average Bonchev–Trinajstić information content (AvgIpc) is 2.56. The molecule has 0 amide bonds. The first-order chi connectivity index (χ1) is 11.3. The third-order valence-corrected chi connectivity index (χ3v) is 3.74. The maximum Gasteiger partial charge on any atom is 0.350 e. The zero-order valence-electron chi connectivity index (χ0n) is 15.0. The molecule has 4 heteroatoms. The highest BCUT2D eigenvalue weighted by molar-refractivity contribution is 5.92. The van der Waals surface area contributed by atoms with Gasteiger partial charge >= 0.3 is 5.97 Å². The summed E-state index contributed by atoms with van der Waals surface area (Å²) in [7, 11) is 0. The lowest BCUT2D eigenvalue weighted by Gasteiger charge is -2.05. The Morgan fingerprint density at radius 3 is 2.13 bits per heavy atom. The van der Waals surface area contributed by atoms with Gasteiger partial charge in [-0.25, -0.2) is 4.79 Å². The Morgan fingerprint density at radius 2 is 1.52 bits per heavy atom. The van der Waals surface area contributed by atoms with E-state index >= 15 is 0 Å². The number of hydrogen-bond acceptors (Lipinski definition) is 4. The standard InChI is InChI=1S/C19H34N2O2/c1-3-5-7-8-9-10-11-12-14-21-17-18(16-20)19(22)23-15-13-6-4-2/h17,21H,3-15H2,1-2H3. The van der Waals surface area contributed by atoms with Crippen LogP contribution in [0, 0.1) is 11.3 Å². The average molecular weight is 322 g/mol. The maximum absolute atomic E-state index is 11.7. The lowest BCUT2D eigenvalue weighted by Crippen LogP contribution is -2.13. The molecule has 0 unspecified atom stereocenters. The van der Waals surface area contributed by atoms with E-state index in [0.717, 1.165) is 32.2 Å². The van der Waals surface area contributed by atoms with Crippen molar-refractivity contribution in [3.8, 4) is 6.07 Å². The minimum Gasteiger partial charge on any atom is -0.462 e. The van der Waals surface area contributed by atoms with Crippen LogP contribution in [0.1, 0.15) is 84.5 Å². The molecule has 1 N–H and O–H groups in total. The predicted octanol–water partition coefficient (Wildman–Crippen LogP) is 4.86. The number of ether oxygens (including phenoxy) is 1. The van der Waals surface area contributed by atoms with E-state index in [1.165, 1.54) is 51.1 Å². The number of carbonyl (C=O) groups excluding carboxylic acids is 1. The third-order valence-electron chi connectivity index (χ3n) is 3.74. The molecule has 0 aliphatic carbocycles. The number of hydrogen-bond donors (Lipinski definition) is 1. The number of esters is 1. The van der Waals surface area contributed by atoms with Crippen LogP contribution < -0.4 is 5.32 Å². The van der Waals surface area contributed by atoms with Crippen LogP contribution in [0.15, 0.2) is 11.8 Å². The van der Waals surface area contributed by atoms with Crippen LogP contribution in [0.2, 0.25) is 0 Å². The summed E-state index contributed by atoms with van der Waals surface area (Å²) >= 11 is 0. The van der Waals surface area contributed by atoms with Crippen LogP contribution in [0.3, 0.4) is 0 Å². The van der Waals surface area contributed by atoms with Crippen LogP contribution in [-0.2, 0) is 9.53 Å². The van der Waals surface area contributed by atoms with E-state index in [9.17, 15) is 4.79 Å². The molecule has 0 aromatic carbocycles. The van der Waals surface area contributed by atoms with Gasteiger partial charge in [0.15, 0.2) is 5.57 Å². The minimum atomic E-state index is -0.521. The van der Waals surface area contributed by atoms with Crippen molar-refractivity contribution in [2.75, 3.05) is 13.2 Å². The Bertz CT molecular complexity index is 359. The van der Waals surface area contributed by atoms with Gasteiger partial charge in [-0.2, -0.15) is 5.26 Å². The molecule has 0 saturated carbocycles. The molecule has 0 atom stereocenters. The Kier molecular flexibility index (Phi) is 15.8. The van der Waals surface area contributed by atoms with Crippen LogP contribution in [0.4, 0.5) is 0 Å². The Labute approximate surface area is 142 Å². The summed E-state index contributed by atoms with van der Waals surface area (Å²) in [5.41, 5.74) is 0.0565. The van der Waals surface area contributed by atoms with Crippen molar-refractivity contribution in [1.82, 2.24) is 5.32 Å². The highest BCUT2D eigenvalue weighted by atomic mass is 16.5. The second-order valence-corrected chi connectivity index (χ2v) is 5.94. The highest BCUT2D eigenvalue weighted by Crippen LogP contribution is 2.08. The summed E-state index contributed by atoms with van der Waals surface area (Å²) in [5.74, 6) is -0.521. The quantitative estimate of drug-likeness (QED) is 0.202. The number of nitrogens with one attached hydrogen (secondary N) is 1. The summed E-state index contributed by atoms with van der Waals surface area (Å²) in [4.78, 5) is 11.7. The van der Waals surface area contributed by atoms with Crippen molar-refractivity contribution >= 4 is 5.97 Å². The minimum absolute atomic E-state index is 0.0565. The SMILES string of the molecule is CCCCCCCCCCNC=C(C#N)C(=O)OCCCCC. The van der Waals surface area contributed by atoms with Gasteiger partial charge in [-0.3, -0.25) is 0 Å². The lowest BCUT2D eigenvalue weighted by molar-refractivity contribution is -0.138. The fraction of sp³-hybridized carbons (Fsp3) is 0.789. The van der Waals surface area contributed by atoms with Crippen molar-refractivity contribution in [2.24, 2.45) is 0 Å². The molecule has 4 nitrogen and oxygen atoms in total. The van der Waals surface area contributed by atoms with Gasteiger partial charge in [-0.15, -0.1) is 0 Å². The van der Waals surface area contributed by atoms with Crippen molar-refractivity contribution in [2.45, 2.75) is 84.5 Å². The van der Waals surface area contributed by atoms with Gasteiger partial charge in [0, 0.05) is 12.7 Å². The van der Waals surface area contributed by atoms with Crippen LogP contribution in [0.5, 0.6) is 0 Å². The molecular formula is C19H34N2O2. The van der Waals surface area contributed by atoms with E-state index in [2.05, 4.69) is 19.2 Å². The molecule has 0 aromatic heterocycles. The molecule has 0 fully saturated rings. The molecule has 23 heavy (non-hydrogen) atoms. The van der Waals surface area contributed by atoms with E-state index in [0.29, 0.717) is 6.61 Å². The number of carbonyl (C=O) groups is 1. The van der Waals surface area contributed by atoms with Gasteiger partial charge in [-0.05, 0) is 12.8 Å². The molecule has 0 rings (SSSR count). The molecule has 0 saturated heterocycles. The molecule has 0 heterocycles. The van der Waals surface area contributed by atoms with E-state index in [1.54, 1.807) is 0 Å². The number of rotatable bonds is 15. The lowest BCUT2D eigenvalue weighted by atomic mass is 10.1. The van der Waals surface area contributed by atoms with Gasteiger partial charge in [0.05, 0.1) is 6.61 Å². The van der Waals surface area contributed by atoms with Gasteiger partial charge in [0.25, 0.3) is 0 Å². The molecule has 0 aliphatic rings. The molecule has 132 valence electrons. The van der Waals surface area contributed by atoms with Gasteiger partial charge in [0.2, 0.25) is 0 Å². The van der Waals surface area contributed by atoms with Crippen LogP contribution >= 0.6 is 0 Å². The molecule has 0 radical (unpaired) electrons. The second kappa shape index (κ2) is 16.9. The van der Waals surface area contributed by atoms with E-state index in [-0.39, 0.29) is 5.57 Å². The Hall–Kier alpha value is -1.50. The summed E-state index contributed by atoms with van der Waals surface area (Å²) < 4.78 is 5.07. The first-order valence-corrected chi connectivity index (χ1v) is 9.27. The summed E-state index contributed by atoms with van der Waals surface area (Å²) in [5, 5.41) is 12.0. The number of unbranched alkanes of at least 4 members (excludes halogenated alkanes) is 9. The Morgan fingerprint density at radius 1 is 0.957 bits per heavy atom. The van der Waals surface area contributed by atoms with Crippen molar-refractivity contribution < 1.29 is 9.53 Å². The van der Waals surface area contributed by atoms with E-state index < -0.39 is 5.97 Å². The van der Waals surface area contributed by atoms with Crippen LogP contribution in [-0.4, -0.2) is 19.1 Å². The van der Waals surface area contributed by atoms with Gasteiger partial charge in [0.1, 0.15) is 6.07 Å². The number of nitrogens with zero attached hydrogens (tertiary/aromatic N) is 1. The summed E-state index contributed by atoms with van der Waals surface area (Å²) in [6.07, 6.45) is 14.6. The fourth-order valence-electron chi connectivity index (χ4n) is 2.27. The zero-order valence-corrected chi connectivity index (χ0v) is 15.0. The predicted molar refractivity (Wildman–Crippen MR) is 94.8 cm³/mol. The summed E-state index contributed by atoms with van der Waals surface area (Å²) in [6, 6.07) is 1.90. The molecule has 0 spiro atoms. The van der Waals surface area contributed by atoms with Crippen molar-refractivity contribution in [3.05, 3.63) is 11.8 Å². The Balaban J connectivity index is 3.65. The van der Waals surface area contributed by atoms with Gasteiger partial charge in [-0.1, -0.05) is 71.6 Å². The van der Waals surface area contributed by atoms with Crippen LogP contribution in [0.25, 0.3) is 0 Å². The maximum atomic E-state index is 11.7. The topological polar surface area (TPSA) is 62.1 Å². The first-order valence-electron chi connectivity index (χ1n) is 9.27. The number of nitriles is 1. The molecular weight excluding hydrogens is 288 g/mol. The molecule has 0 aromatic rings. The van der Waals surface area contributed by atoms with E-state index in [4.69, 9.17) is 10.00 Å². The van der Waals surface area contributed by atoms with Gasteiger partial charge < -0.3 is 10.1 Å². The van der Waals surface area contributed by atoms with Crippen molar-refractivity contribution in [1.29, 1.82) is 5.26 Å². The zero-order chi connectivity index (χ0) is 17.2. The monoisotopic (exact) mass is 322 g/mol. The fourth-order valence-corrected chi connectivity index (χ4v) is 2.27. The smallest absolute Gasteiger partial charge is 0.350 e. The van der Waals surface area contributed by atoms with E-state index in [1.807, 2.05) is 6.07 Å².